The van der Waals surface area contributed by atoms with Gasteiger partial charge in [-0.05, 0) is 56.9 Å². The van der Waals surface area contributed by atoms with E-state index in [4.69, 9.17) is 4.74 Å². The van der Waals surface area contributed by atoms with Gasteiger partial charge in [0.15, 0.2) is 0 Å². The van der Waals surface area contributed by atoms with Crippen molar-refractivity contribution in [3.8, 4) is 0 Å². The SMILES string of the molecule is CCCNC(CCC1CCCO1)CCC(C)(C)C. The van der Waals surface area contributed by atoms with Crippen LogP contribution in [0.5, 0.6) is 0 Å². The normalized spacial score (nSPS) is 22.3. The first-order chi connectivity index (χ1) is 8.51. The monoisotopic (exact) mass is 255 g/mol. The summed E-state index contributed by atoms with van der Waals surface area (Å²) in [6.45, 7) is 11.4. The third-order valence-electron chi connectivity index (χ3n) is 3.79. The van der Waals surface area contributed by atoms with Gasteiger partial charge in [0.1, 0.15) is 0 Å². The molecule has 1 saturated heterocycles. The van der Waals surface area contributed by atoms with Crippen molar-refractivity contribution in [1.82, 2.24) is 5.32 Å². The van der Waals surface area contributed by atoms with Crippen LogP contribution in [0.25, 0.3) is 0 Å². The molecule has 1 rings (SSSR count). The lowest BCUT2D eigenvalue weighted by Gasteiger charge is -2.25. The van der Waals surface area contributed by atoms with Gasteiger partial charge in [-0.1, -0.05) is 27.7 Å². The Labute approximate surface area is 114 Å². The number of ether oxygens (including phenoxy) is 1. The fraction of sp³-hybridized carbons (Fsp3) is 1.00. The number of nitrogens with one attached hydrogen (secondary N) is 1. The molecule has 1 N–H and O–H groups in total. The molecule has 1 aliphatic heterocycles. The van der Waals surface area contributed by atoms with Crippen molar-refractivity contribution >= 4 is 0 Å². The van der Waals surface area contributed by atoms with Crippen molar-refractivity contribution in [2.24, 2.45) is 5.41 Å². The Bertz CT molecular complexity index is 204. The summed E-state index contributed by atoms with van der Waals surface area (Å²) < 4.78 is 5.73. The highest BCUT2D eigenvalue weighted by atomic mass is 16.5. The summed E-state index contributed by atoms with van der Waals surface area (Å²) in [5, 5.41) is 3.71. The van der Waals surface area contributed by atoms with Gasteiger partial charge >= 0.3 is 0 Å². The predicted octanol–water partition coefficient (Wildman–Crippen LogP) is 4.14. The molecule has 0 radical (unpaired) electrons. The third kappa shape index (κ3) is 7.38. The highest BCUT2D eigenvalue weighted by Gasteiger charge is 2.19. The van der Waals surface area contributed by atoms with Gasteiger partial charge in [-0.2, -0.15) is 0 Å². The van der Waals surface area contributed by atoms with Crippen molar-refractivity contribution in [2.75, 3.05) is 13.2 Å². The lowest BCUT2D eigenvalue weighted by Crippen LogP contribution is -2.31. The zero-order valence-corrected chi connectivity index (χ0v) is 12.9. The fourth-order valence-corrected chi connectivity index (χ4v) is 2.56. The number of rotatable bonds is 8. The van der Waals surface area contributed by atoms with Gasteiger partial charge in [0.25, 0.3) is 0 Å². The highest BCUT2D eigenvalue weighted by molar-refractivity contribution is 4.74. The van der Waals surface area contributed by atoms with Crippen LogP contribution >= 0.6 is 0 Å². The minimum absolute atomic E-state index is 0.454. The predicted molar refractivity (Wildman–Crippen MR) is 79.0 cm³/mol. The molecule has 2 nitrogen and oxygen atoms in total. The van der Waals surface area contributed by atoms with Gasteiger partial charge in [-0.3, -0.25) is 0 Å². The average molecular weight is 255 g/mol. The maximum Gasteiger partial charge on any atom is 0.0576 e. The summed E-state index contributed by atoms with van der Waals surface area (Å²) in [7, 11) is 0. The summed E-state index contributed by atoms with van der Waals surface area (Å²) in [5.74, 6) is 0. The molecule has 18 heavy (non-hydrogen) atoms. The molecule has 0 aliphatic carbocycles. The Morgan fingerprint density at radius 3 is 2.61 bits per heavy atom. The van der Waals surface area contributed by atoms with Crippen LogP contribution in [0.2, 0.25) is 0 Å². The fourth-order valence-electron chi connectivity index (χ4n) is 2.56. The zero-order valence-electron chi connectivity index (χ0n) is 12.9. The summed E-state index contributed by atoms with van der Waals surface area (Å²) in [6.07, 6.45) is 9.44. The molecule has 2 heteroatoms. The smallest absolute Gasteiger partial charge is 0.0576 e. The van der Waals surface area contributed by atoms with E-state index in [0.29, 0.717) is 17.6 Å². The van der Waals surface area contributed by atoms with Gasteiger partial charge in [0, 0.05) is 12.6 Å². The second kappa shape index (κ2) is 8.16. The van der Waals surface area contributed by atoms with Gasteiger partial charge in [-0.15, -0.1) is 0 Å². The first-order valence-corrected chi connectivity index (χ1v) is 7.86. The van der Waals surface area contributed by atoms with Crippen molar-refractivity contribution in [3.05, 3.63) is 0 Å². The molecule has 2 atom stereocenters. The molecule has 0 bridgehead atoms. The molecule has 0 spiro atoms. The van der Waals surface area contributed by atoms with E-state index >= 15 is 0 Å². The van der Waals surface area contributed by atoms with Crippen LogP contribution in [0.15, 0.2) is 0 Å². The van der Waals surface area contributed by atoms with Crippen molar-refractivity contribution in [1.29, 1.82) is 0 Å². The summed E-state index contributed by atoms with van der Waals surface area (Å²) in [5.41, 5.74) is 0.454. The van der Waals surface area contributed by atoms with E-state index in [1.807, 2.05) is 0 Å². The van der Waals surface area contributed by atoms with Crippen molar-refractivity contribution in [2.45, 2.75) is 84.8 Å². The number of hydrogen-bond donors (Lipinski definition) is 1. The van der Waals surface area contributed by atoms with E-state index in [9.17, 15) is 0 Å². The molecule has 1 heterocycles. The van der Waals surface area contributed by atoms with Gasteiger partial charge in [-0.25, -0.2) is 0 Å². The molecule has 1 fully saturated rings. The standard InChI is InChI=1S/C16H33NO/c1-5-12-17-14(10-11-16(2,3)4)8-9-15-7-6-13-18-15/h14-15,17H,5-13H2,1-4H3. The maximum absolute atomic E-state index is 5.73. The van der Waals surface area contributed by atoms with E-state index in [-0.39, 0.29) is 0 Å². The van der Waals surface area contributed by atoms with Crippen LogP contribution in [-0.4, -0.2) is 25.3 Å². The van der Waals surface area contributed by atoms with Crippen LogP contribution in [0, 0.1) is 5.41 Å². The first kappa shape index (κ1) is 16.0. The molecule has 1 aliphatic rings. The Balaban J connectivity index is 2.24. The lowest BCUT2D eigenvalue weighted by atomic mass is 9.87. The van der Waals surface area contributed by atoms with E-state index in [1.54, 1.807) is 0 Å². The topological polar surface area (TPSA) is 21.3 Å². The summed E-state index contributed by atoms with van der Waals surface area (Å²) in [4.78, 5) is 0. The minimum atomic E-state index is 0.454. The van der Waals surface area contributed by atoms with Gasteiger partial charge < -0.3 is 10.1 Å². The second-order valence-corrected chi connectivity index (χ2v) is 6.96. The molecule has 0 aromatic heterocycles. The second-order valence-electron chi connectivity index (χ2n) is 6.96. The van der Waals surface area contributed by atoms with Crippen LogP contribution < -0.4 is 5.32 Å². The van der Waals surface area contributed by atoms with Gasteiger partial charge in [0.05, 0.1) is 6.10 Å². The van der Waals surface area contributed by atoms with Crippen LogP contribution in [0.1, 0.15) is 72.6 Å². The molecule has 108 valence electrons. The van der Waals surface area contributed by atoms with E-state index in [2.05, 4.69) is 33.0 Å². The molecular formula is C16H33NO. The van der Waals surface area contributed by atoms with Crippen LogP contribution in [0.3, 0.4) is 0 Å². The van der Waals surface area contributed by atoms with Crippen LogP contribution in [-0.2, 0) is 4.74 Å². The first-order valence-electron chi connectivity index (χ1n) is 7.86. The molecule has 0 aromatic carbocycles. The largest absolute Gasteiger partial charge is 0.378 e. The van der Waals surface area contributed by atoms with E-state index in [1.165, 1.54) is 44.9 Å². The van der Waals surface area contributed by atoms with E-state index < -0.39 is 0 Å². The molecular weight excluding hydrogens is 222 g/mol. The summed E-state index contributed by atoms with van der Waals surface area (Å²) in [6, 6.07) is 0.688. The van der Waals surface area contributed by atoms with E-state index in [0.717, 1.165) is 13.2 Å². The summed E-state index contributed by atoms with van der Waals surface area (Å²) >= 11 is 0. The molecule has 0 saturated carbocycles. The van der Waals surface area contributed by atoms with Crippen molar-refractivity contribution < 1.29 is 4.74 Å². The van der Waals surface area contributed by atoms with Crippen LogP contribution in [0.4, 0.5) is 0 Å². The highest BCUT2D eigenvalue weighted by Crippen LogP contribution is 2.24. The maximum atomic E-state index is 5.73. The molecule has 2 unspecified atom stereocenters. The number of hydrogen-bond acceptors (Lipinski definition) is 2. The Hall–Kier alpha value is -0.0800. The zero-order chi connectivity index (χ0) is 13.4. The lowest BCUT2D eigenvalue weighted by molar-refractivity contribution is 0.0988. The Morgan fingerprint density at radius 1 is 1.28 bits per heavy atom. The average Bonchev–Trinajstić information content (AvgIpc) is 2.79. The Morgan fingerprint density at radius 2 is 2.06 bits per heavy atom. The molecule has 0 amide bonds. The Kier molecular flexibility index (Phi) is 7.25. The minimum Gasteiger partial charge on any atom is -0.378 e. The quantitative estimate of drug-likeness (QED) is 0.704. The third-order valence-corrected chi connectivity index (χ3v) is 3.79. The molecule has 0 aromatic rings. The van der Waals surface area contributed by atoms with Crippen molar-refractivity contribution in [3.63, 3.8) is 0 Å². The van der Waals surface area contributed by atoms with Gasteiger partial charge in [0.2, 0.25) is 0 Å².